The number of benzene rings is 1. The number of hydrazine groups is 1. The molecule has 1 unspecified atom stereocenters. The zero-order valence-electron chi connectivity index (χ0n) is 10.1. The first-order chi connectivity index (χ1) is 8.22. The number of ether oxygens (including phenoxy) is 1. The summed E-state index contributed by atoms with van der Waals surface area (Å²) < 4.78 is 5.66. The maximum Gasteiger partial charge on any atom is 0.274 e. The van der Waals surface area contributed by atoms with Gasteiger partial charge in [0.1, 0.15) is 5.75 Å². The summed E-state index contributed by atoms with van der Waals surface area (Å²) in [5.74, 6) is 5.47. The number of para-hydroxylation sites is 1. The molecular formula is C13H18N2O2. The second-order valence-corrected chi connectivity index (χ2v) is 3.56. The predicted molar refractivity (Wildman–Crippen MR) is 68.2 cm³/mol. The van der Waals surface area contributed by atoms with E-state index in [9.17, 15) is 4.79 Å². The van der Waals surface area contributed by atoms with E-state index in [-0.39, 0.29) is 5.91 Å². The second-order valence-electron chi connectivity index (χ2n) is 3.56. The van der Waals surface area contributed by atoms with E-state index in [1.165, 1.54) is 0 Å². The van der Waals surface area contributed by atoms with Crippen molar-refractivity contribution in [2.24, 2.45) is 5.84 Å². The van der Waals surface area contributed by atoms with Gasteiger partial charge in [-0.05, 0) is 19.4 Å². The van der Waals surface area contributed by atoms with Crippen LogP contribution in [-0.4, -0.2) is 12.0 Å². The minimum Gasteiger partial charge on any atom is -0.480 e. The number of hydrogen-bond acceptors (Lipinski definition) is 3. The van der Waals surface area contributed by atoms with E-state index in [1.54, 1.807) is 0 Å². The lowest BCUT2D eigenvalue weighted by atomic mass is 10.2. The van der Waals surface area contributed by atoms with Crippen LogP contribution in [0.15, 0.2) is 30.3 Å². The standard InChI is InChI=1S/C13H18N2O2/c1-3-7-10-8-5-6-9-12(10)17-11(4-2)13(16)15-14/h3,5-9,11H,4,14H2,1-2H3,(H,15,16). The number of carbonyl (C=O) groups excluding carboxylic acids is 1. The van der Waals surface area contributed by atoms with E-state index in [0.29, 0.717) is 12.2 Å². The lowest BCUT2D eigenvalue weighted by Crippen LogP contribution is -2.41. The third-order valence-corrected chi connectivity index (χ3v) is 2.34. The molecular weight excluding hydrogens is 216 g/mol. The Bertz CT molecular complexity index is 402. The van der Waals surface area contributed by atoms with Crippen molar-refractivity contribution in [2.45, 2.75) is 26.4 Å². The third-order valence-electron chi connectivity index (χ3n) is 2.34. The first-order valence-corrected chi connectivity index (χ1v) is 5.61. The van der Waals surface area contributed by atoms with Crippen LogP contribution in [0.25, 0.3) is 6.08 Å². The van der Waals surface area contributed by atoms with Crippen LogP contribution in [0.3, 0.4) is 0 Å². The first-order valence-electron chi connectivity index (χ1n) is 5.61. The minimum atomic E-state index is -0.564. The van der Waals surface area contributed by atoms with Gasteiger partial charge in [-0.15, -0.1) is 0 Å². The molecule has 0 radical (unpaired) electrons. The lowest BCUT2D eigenvalue weighted by molar-refractivity contribution is -0.128. The molecule has 0 saturated heterocycles. The molecule has 1 aromatic carbocycles. The maximum atomic E-state index is 11.4. The molecule has 0 bridgehead atoms. The zero-order chi connectivity index (χ0) is 12.7. The fourth-order valence-electron chi connectivity index (χ4n) is 1.47. The van der Waals surface area contributed by atoms with Crippen molar-refractivity contribution in [2.75, 3.05) is 0 Å². The molecule has 0 aliphatic carbocycles. The molecule has 1 aromatic rings. The molecule has 0 aliphatic heterocycles. The van der Waals surface area contributed by atoms with Gasteiger partial charge in [0.05, 0.1) is 0 Å². The zero-order valence-corrected chi connectivity index (χ0v) is 10.1. The molecule has 0 saturated carbocycles. The topological polar surface area (TPSA) is 64.3 Å². The SMILES string of the molecule is CC=Cc1ccccc1OC(CC)C(=O)NN. The van der Waals surface area contributed by atoms with Crippen molar-refractivity contribution in [3.05, 3.63) is 35.9 Å². The molecule has 1 atom stereocenters. The Kier molecular flexibility index (Phi) is 5.23. The summed E-state index contributed by atoms with van der Waals surface area (Å²) in [5, 5.41) is 0. The van der Waals surface area contributed by atoms with Gasteiger partial charge in [0.15, 0.2) is 6.10 Å². The molecule has 0 aromatic heterocycles. The molecule has 0 heterocycles. The molecule has 0 fully saturated rings. The van der Waals surface area contributed by atoms with E-state index in [4.69, 9.17) is 10.6 Å². The maximum absolute atomic E-state index is 11.4. The van der Waals surface area contributed by atoms with Crippen LogP contribution >= 0.6 is 0 Å². The van der Waals surface area contributed by atoms with Crippen LogP contribution in [0.4, 0.5) is 0 Å². The Morgan fingerprint density at radius 2 is 2.24 bits per heavy atom. The van der Waals surface area contributed by atoms with Gasteiger partial charge >= 0.3 is 0 Å². The Morgan fingerprint density at radius 1 is 1.53 bits per heavy atom. The highest BCUT2D eigenvalue weighted by molar-refractivity contribution is 5.80. The molecule has 0 aliphatic rings. The highest BCUT2D eigenvalue weighted by Gasteiger charge is 2.17. The van der Waals surface area contributed by atoms with Gasteiger partial charge in [-0.1, -0.05) is 37.3 Å². The number of carbonyl (C=O) groups is 1. The Balaban J connectivity index is 2.89. The van der Waals surface area contributed by atoms with Crippen molar-refractivity contribution in [1.82, 2.24) is 5.43 Å². The lowest BCUT2D eigenvalue weighted by Gasteiger charge is -2.17. The number of allylic oxidation sites excluding steroid dienone is 1. The largest absolute Gasteiger partial charge is 0.480 e. The van der Waals surface area contributed by atoms with Crippen molar-refractivity contribution in [3.8, 4) is 5.75 Å². The quantitative estimate of drug-likeness (QED) is 0.464. The van der Waals surface area contributed by atoms with E-state index >= 15 is 0 Å². The Hall–Kier alpha value is -1.81. The number of nitrogens with two attached hydrogens (primary N) is 1. The van der Waals surface area contributed by atoms with Crippen molar-refractivity contribution in [3.63, 3.8) is 0 Å². The van der Waals surface area contributed by atoms with E-state index in [1.807, 2.05) is 50.3 Å². The van der Waals surface area contributed by atoms with Crippen LogP contribution in [0.1, 0.15) is 25.8 Å². The summed E-state index contributed by atoms with van der Waals surface area (Å²) in [6.07, 6.45) is 3.85. The molecule has 17 heavy (non-hydrogen) atoms. The van der Waals surface area contributed by atoms with E-state index in [0.717, 1.165) is 5.56 Å². The summed E-state index contributed by atoms with van der Waals surface area (Å²) in [7, 11) is 0. The summed E-state index contributed by atoms with van der Waals surface area (Å²) in [6, 6.07) is 7.56. The fraction of sp³-hybridized carbons (Fsp3) is 0.308. The van der Waals surface area contributed by atoms with Gasteiger partial charge in [-0.25, -0.2) is 5.84 Å². The van der Waals surface area contributed by atoms with Crippen molar-refractivity contribution < 1.29 is 9.53 Å². The van der Waals surface area contributed by atoms with Crippen molar-refractivity contribution >= 4 is 12.0 Å². The third kappa shape index (κ3) is 3.60. The summed E-state index contributed by atoms with van der Waals surface area (Å²) >= 11 is 0. The summed E-state index contributed by atoms with van der Waals surface area (Å²) in [5.41, 5.74) is 3.05. The predicted octanol–water partition coefficient (Wildman–Crippen LogP) is 1.87. The van der Waals surface area contributed by atoms with Gasteiger partial charge in [0.2, 0.25) is 0 Å². The van der Waals surface area contributed by atoms with Crippen molar-refractivity contribution in [1.29, 1.82) is 0 Å². The summed E-state index contributed by atoms with van der Waals surface area (Å²) in [4.78, 5) is 11.4. The van der Waals surface area contributed by atoms with E-state index < -0.39 is 6.10 Å². The number of amides is 1. The monoisotopic (exact) mass is 234 g/mol. The first kappa shape index (κ1) is 13.3. The Labute approximate surface area is 101 Å². The molecule has 3 N–H and O–H groups in total. The second kappa shape index (κ2) is 6.70. The Morgan fingerprint density at radius 3 is 2.82 bits per heavy atom. The van der Waals surface area contributed by atoms with Gasteiger partial charge in [-0.2, -0.15) is 0 Å². The highest BCUT2D eigenvalue weighted by atomic mass is 16.5. The smallest absolute Gasteiger partial charge is 0.274 e. The molecule has 4 nitrogen and oxygen atoms in total. The van der Waals surface area contributed by atoms with Gasteiger partial charge in [0, 0.05) is 5.56 Å². The molecule has 0 spiro atoms. The van der Waals surface area contributed by atoms with Crippen LogP contribution in [0, 0.1) is 0 Å². The highest BCUT2D eigenvalue weighted by Crippen LogP contribution is 2.21. The van der Waals surface area contributed by atoms with Crippen LogP contribution in [0.2, 0.25) is 0 Å². The van der Waals surface area contributed by atoms with Gasteiger partial charge in [-0.3, -0.25) is 10.2 Å². The average Bonchev–Trinajstić information content (AvgIpc) is 2.37. The fourth-order valence-corrected chi connectivity index (χ4v) is 1.47. The number of rotatable bonds is 5. The summed E-state index contributed by atoms with van der Waals surface area (Å²) in [6.45, 7) is 3.80. The normalized spacial score (nSPS) is 12.4. The van der Waals surface area contributed by atoms with Crippen LogP contribution < -0.4 is 16.0 Å². The molecule has 1 amide bonds. The van der Waals surface area contributed by atoms with Crippen LogP contribution in [-0.2, 0) is 4.79 Å². The number of hydrogen-bond donors (Lipinski definition) is 2. The average molecular weight is 234 g/mol. The molecule has 1 rings (SSSR count). The molecule has 4 heteroatoms. The number of nitrogens with one attached hydrogen (secondary N) is 1. The van der Waals surface area contributed by atoms with Gasteiger partial charge < -0.3 is 4.74 Å². The van der Waals surface area contributed by atoms with Crippen LogP contribution in [0.5, 0.6) is 5.75 Å². The molecule has 92 valence electrons. The minimum absolute atomic E-state index is 0.317. The van der Waals surface area contributed by atoms with Gasteiger partial charge in [0.25, 0.3) is 5.91 Å². The van der Waals surface area contributed by atoms with E-state index in [2.05, 4.69) is 5.43 Å².